The van der Waals surface area contributed by atoms with Crippen molar-refractivity contribution < 1.29 is 14.4 Å². The summed E-state index contributed by atoms with van der Waals surface area (Å²) in [6.45, 7) is 0. The van der Waals surface area contributed by atoms with E-state index in [-0.39, 0.29) is 5.57 Å². The lowest BCUT2D eigenvalue weighted by molar-refractivity contribution is -0.129. The fraction of sp³-hybridized carbons (Fsp3) is 0.133. The van der Waals surface area contributed by atoms with Crippen LogP contribution in [0.4, 0.5) is 4.79 Å². The van der Waals surface area contributed by atoms with Crippen molar-refractivity contribution in [1.29, 1.82) is 0 Å². The van der Waals surface area contributed by atoms with E-state index in [0.717, 1.165) is 21.4 Å². The summed E-state index contributed by atoms with van der Waals surface area (Å²) in [6.07, 6.45) is 3.36. The Bertz CT molecular complexity index is 817. The number of para-hydroxylation sites is 1. The maximum atomic E-state index is 12.1. The number of amides is 4. The maximum Gasteiger partial charge on any atom is 0.331 e. The fourth-order valence-corrected chi connectivity index (χ4v) is 2.39. The number of urea groups is 1. The third kappa shape index (κ3) is 2.01. The molecule has 1 aromatic heterocycles. The second-order valence-electron chi connectivity index (χ2n) is 4.89. The van der Waals surface area contributed by atoms with E-state index in [9.17, 15) is 14.4 Å². The van der Waals surface area contributed by atoms with Gasteiger partial charge in [0.05, 0.1) is 0 Å². The van der Waals surface area contributed by atoms with Gasteiger partial charge in [0, 0.05) is 36.8 Å². The molecule has 3 rings (SSSR count). The van der Waals surface area contributed by atoms with Crippen molar-refractivity contribution in [2.45, 2.75) is 0 Å². The van der Waals surface area contributed by atoms with E-state index < -0.39 is 17.8 Å². The summed E-state index contributed by atoms with van der Waals surface area (Å²) in [7, 11) is 3.23. The highest BCUT2D eigenvalue weighted by Gasteiger charge is 2.33. The summed E-state index contributed by atoms with van der Waals surface area (Å²) in [5.74, 6) is -1.27. The minimum atomic E-state index is -0.708. The van der Waals surface area contributed by atoms with Crippen LogP contribution in [0.1, 0.15) is 5.56 Å². The second kappa shape index (κ2) is 4.59. The van der Waals surface area contributed by atoms with Crippen LogP contribution in [0.25, 0.3) is 17.0 Å². The van der Waals surface area contributed by atoms with E-state index >= 15 is 0 Å². The number of nitrogens with zero attached hydrogens (tertiary/aromatic N) is 2. The van der Waals surface area contributed by atoms with Crippen LogP contribution < -0.4 is 5.32 Å². The van der Waals surface area contributed by atoms with Gasteiger partial charge in [-0.25, -0.2) is 4.79 Å². The standard InChI is InChI=1S/C15H13N3O3/c1-17-8-9(10-5-3-4-6-12(10)17)7-11-13(19)16-15(21)18(2)14(11)20/h3-8H,1-2H3,(H,16,19,21)/b11-7+. The van der Waals surface area contributed by atoms with Crippen LogP contribution in [0.3, 0.4) is 0 Å². The molecule has 1 saturated heterocycles. The molecule has 0 spiro atoms. The SMILES string of the molecule is CN1C(=O)NC(=O)/C(=C\c2cn(C)c3ccccc23)C1=O. The maximum absolute atomic E-state index is 12.1. The normalized spacial score (nSPS) is 17.7. The number of barbiturate groups is 1. The highest BCUT2D eigenvalue weighted by molar-refractivity contribution is 6.31. The summed E-state index contributed by atoms with van der Waals surface area (Å²) >= 11 is 0. The molecular formula is C15H13N3O3. The lowest BCUT2D eigenvalue weighted by atomic mass is 10.1. The Balaban J connectivity index is 2.13. The Kier molecular flexibility index (Phi) is 2.86. The summed E-state index contributed by atoms with van der Waals surface area (Å²) in [4.78, 5) is 36.2. The van der Waals surface area contributed by atoms with E-state index in [1.165, 1.54) is 13.1 Å². The molecule has 0 unspecified atom stereocenters. The number of likely N-dealkylation sites (N-methyl/N-ethyl adjacent to an activating group) is 1. The number of fused-ring (bicyclic) bond motifs is 1. The average molecular weight is 283 g/mol. The molecule has 0 atom stereocenters. The number of carbonyl (C=O) groups excluding carboxylic acids is 3. The van der Waals surface area contributed by atoms with Crippen LogP contribution in [-0.2, 0) is 16.6 Å². The van der Waals surface area contributed by atoms with E-state index in [1.807, 2.05) is 42.1 Å². The van der Waals surface area contributed by atoms with Gasteiger partial charge < -0.3 is 4.57 Å². The number of benzene rings is 1. The zero-order chi connectivity index (χ0) is 15.1. The van der Waals surface area contributed by atoms with Crippen LogP contribution in [0.15, 0.2) is 36.0 Å². The van der Waals surface area contributed by atoms with Crippen molar-refractivity contribution in [2.75, 3.05) is 7.05 Å². The Morgan fingerprint density at radius 3 is 2.57 bits per heavy atom. The number of carbonyl (C=O) groups is 3. The first-order valence-corrected chi connectivity index (χ1v) is 6.38. The fourth-order valence-electron chi connectivity index (χ4n) is 2.39. The molecule has 2 heterocycles. The van der Waals surface area contributed by atoms with E-state index in [1.54, 1.807) is 0 Å². The lowest BCUT2D eigenvalue weighted by Gasteiger charge is -2.22. The third-order valence-electron chi connectivity index (χ3n) is 3.53. The van der Waals surface area contributed by atoms with Crippen LogP contribution in [0.2, 0.25) is 0 Å². The minimum Gasteiger partial charge on any atom is -0.350 e. The number of aryl methyl sites for hydroxylation is 1. The molecule has 6 heteroatoms. The quantitative estimate of drug-likeness (QED) is 0.633. The van der Waals surface area contributed by atoms with Crippen molar-refractivity contribution in [3.8, 4) is 0 Å². The first-order valence-electron chi connectivity index (χ1n) is 6.38. The highest BCUT2D eigenvalue weighted by Crippen LogP contribution is 2.23. The second-order valence-corrected chi connectivity index (χ2v) is 4.89. The van der Waals surface area contributed by atoms with Crippen molar-refractivity contribution >= 4 is 34.8 Å². The number of hydrogen-bond donors (Lipinski definition) is 1. The molecule has 2 aromatic rings. The van der Waals surface area contributed by atoms with Gasteiger partial charge in [-0.3, -0.25) is 19.8 Å². The topological polar surface area (TPSA) is 71.4 Å². The van der Waals surface area contributed by atoms with Crippen LogP contribution in [-0.4, -0.2) is 34.4 Å². The molecule has 1 N–H and O–H groups in total. The molecule has 106 valence electrons. The highest BCUT2D eigenvalue weighted by atomic mass is 16.2. The predicted octanol–water partition coefficient (Wildman–Crippen LogP) is 1.27. The average Bonchev–Trinajstić information content (AvgIpc) is 2.78. The number of imide groups is 2. The van der Waals surface area contributed by atoms with Gasteiger partial charge in [0.2, 0.25) is 0 Å². The summed E-state index contributed by atoms with van der Waals surface area (Å²) in [6, 6.07) is 6.98. The summed E-state index contributed by atoms with van der Waals surface area (Å²) < 4.78 is 1.92. The van der Waals surface area contributed by atoms with Crippen molar-refractivity contribution in [1.82, 2.24) is 14.8 Å². The Labute approximate surface area is 120 Å². The molecule has 0 radical (unpaired) electrons. The van der Waals surface area contributed by atoms with Gasteiger partial charge in [0.1, 0.15) is 5.57 Å². The third-order valence-corrected chi connectivity index (χ3v) is 3.53. The van der Waals surface area contributed by atoms with Gasteiger partial charge in [-0.2, -0.15) is 0 Å². The van der Waals surface area contributed by atoms with Crippen LogP contribution in [0, 0.1) is 0 Å². The smallest absolute Gasteiger partial charge is 0.331 e. The predicted molar refractivity (Wildman–Crippen MR) is 77.2 cm³/mol. The van der Waals surface area contributed by atoms with Gasteiger partial charge in [-0.05, 0) is 12.1 Å². The lowest BCUT2D eigenvalue weighted by Crippen LogP contribution is -2.52. The number of rotatable bonds is 1. The van der Waals surface area contributed by atoms with Gasteiger partial charge in [-0.15, -0.1) is 0 Å². The molecule has 1 aliphatic heterocycles. The van der Waals surface area contributed by atoms with Crippen molar-refractivity contribution in [2.24, 2.45) is 7.05 Å². The molecule has 21 heavy (non-hydrogen) atoms. The van der Waals surface area contributed by atoms with Crippen molar-refractivity contribution in [3.63, 3.8) is 0 Å². The first kappa shape index (κ1) is 13.1. The number of nitrogens with one attached hydrogen (secondary N) is 1. The molecule has 0 saturated carbocycles. The molecule has 1 aliphatic rings. The van der Waals surface area contributed by atoms with Crippen molar-refractivity contribution in [3.05, 3.63) is 41.6 Å². The monoisotopic (exact) mass is 283 g/mol. The summed E-state index contributed by atoms with van der Waals surface area (Å²) in [5.41, 5.74) is 1.71. The molecule has 0 aliphatic carbocycles. The van der Waals surface area contributed by atoms with Gasteiger partial charge in [0.25, 0.3) is 11.8 Å². The van der Waals surface area contributed by atoms with Gasteiger partial charge in [-0.1, -0.05) is 18.2 Å². The van der Waals surface area contributed by atoms with Crippen LogP contribution >= 0.6 is 0 Å². The zero-order valence-corrected chi connectivity index (χ0v) is 11.6. The number of aromatic nitrogens is 1. The van der Waals surface area contributed by atoms with E-state index in [2.05, 4.69) is 5.32 Å². The number of hydrogen-bond acceptors (Lipinski definition) is 3. The molecule has 4 amide bonds. The van der Waals surface area contributed by atoms with Gasteiger partial charge in [0.15, 0.2) is 0 Å². The zero-order valence-electron chi connectivity index (χ0n) is 11.6. The molecule has 1 aromatic carbocycles. The van der Waals surface area contributed by atoms with E-state index in [4.69, 9.17) is 0 Å². The molecule has 0 bridgehead atoms. The molecule has 6 nitrogen and oxygen atoms in total. The van der Waals surface area contributed by atoms with Crippen LogP contribution in [0.5, 0.6) is 0 Å². The first-order chi connectivity index (χ1) is 9.99. The Morgan fingerprint density at radius 2 is 1.81 bits per heavy atom. The molecular weight excluding hydrogens is 270 g/mol. The molecule has 1 fully saturated rings. The van der Waals surface area contributed by atoms with E-state index in [0.29, 0.717) is 0 Å². The largest absolute Gasteiger partial charge is 0.350 e. The Hall–Kier alpha value is -2.89. The minimum absolute atomic E-state index is 0.0477. The Morgan fingerprint density at radius 1 is 1.10 bits per heavy atom. The summed E-state index contributed by atoms with van der Waals surface area (Å²) in [5, 5.41) is 3.07. The van der Waals surface area contributed by atoms with Gasteiger partial charge >= 0.3 is 6.03 Å².